The maximum Gasteiger partial charge on any atom is 0.317 e. The Morgan fingerprint density at radius 3 is 2.93 bits per heavy atom. The number of thioether (sulfide) groups is 1. The lowest BCUT2D eigenvalue weighted by atomic mass is 10.0. The molecule has 0 aromatic heterocycles. The molecule has 0 saturated heterocycles. The van der Waals surface area contributed by atoms with Gasteiger partial charge in [0.25, 0.3) is 0 Å². The molecule has 0 radical (unpaired) electrons. The van der Waals surface area contributed by atoms with Crippen molar-refractivity contribution in [3.63, 3.8) is 0 Å². The number of aliphatic carboxylic acids is 1. The fourth-order valence-corrected chi connectivity index (χ4v) is 2.57. The molecule has 1 aromatic rings. The molecule has 1 aromatic carbocycles. The summed E-state index contributed by atoms with van der Waals surface area (Å²) in [6.07, 6.45) is 0.432. The van der Waals surface area contributed by atoms with Gasteiger partial charge in [0.05, 0.1) is 0 Å². The van der Waals surface area contributed by atoms with Gasteiger partial charge >= 0.3 is 5.97 Å². The number of carboxylic acid groups (broad SMARTS) is 1. The topological polar surface area (TPSA) is 54.4 Å². The predicted octanol–water partition coefficient (Wildman–Crippen LogP) is 1.88. The van der Waals surface area contributed by atoms with Crippen LogP contribution in [-0.4, -0.2) is 21.4 Å². The molecule has 1 aliphatic rings. The second kappa shape index (κ2) is 3.70. The van der Waals surface area contributed by atoms with Crippen LogP contribution in [0.15, 0.2) is 18.2 Å². The molecule has 3 nitrogen and oxygen atoms in total. The zero-order valence-corrected chi connectivity index (χ0v) is 9.00. The van der Waals surface area contributed by atoms with Gasteiger partial charge in [-0.3, -0.25) is 9.59 Å². The largest absolute Gasteiger partial charge is 0.480 e. The van der Waals surface area contributed by atoms with E-state index in [0.717, 1.165) is 22.9 Å². The van der Waals surface area contributed by atoms with Gasteiger partial charge < -0.3 is 5.11 Å². The highest BCUT2D eigenvalue weighted by Crippen LogP contribution is 2.30. The van der Waals surface area contributed by atoms with E-state index < -0.39 is 11.2 Å². The third-order valence-corrected chi connectivity index (χ3v) is 3.50. The van der Waals surface area contributed by atoms with Gasteiger partial charge in [-0.1, -0.05) is 29.5 Å². The molecule has 0 aliphatic carbocycles. The fraction of sp³-hybridized carbons (Fsp3) is 0.273. The summed E-state index contributed by atoms with van der Waals surface area (Å²) in [4.78, 5) is 22.5. The van der Waals surface area contributed by atoms with Gasteiger partial charge in [0, 0.05) is 5.56 Å². The standard InChI is InChI=1S/C11H10O3S/c1-6-2-3-7-5-9(10(12)13)15-11(14)8(7)4-6/h2-4,9H,5H2,1H3,(H,12,13). The third-order valence-electron chi connectivity index (χ3n) is 2.42. The molecule has 1 heterocycles. The summed E-state index contributed by atoms with van der Waals surface area (Å²) in [6, 6.07) is 5.57. The molecular formula is C11H10O3S. The number of carboxylic acids is 1. The number of hydrogen-bond donors (Lipinski definition) is 1. The van der Waals surface area contributed by atoms with E-state index in [-0.39, 0.29) is 5.12 Å². The van der Waals surface area contributed by atoms with Crippen LogP contribution in [0.25, 0.3) is 0 Å². The van der Waals surface area contributed by atoms with Crippen molar-refractivity contribution in [2.45, 2.75) is 18.6 Å². The van der Waals surface area contributed by atoms with Crippen LogP contribution in [0.4, 0.5) is 0 Å². The quantitative estimate of drug-likeness (QED) is 0.788. The summed E-state index contributed by atoms with van der Waals surface area (Å²) >= 11 is 0.907. The first kappa shape index (κ1) is 10.2. The summed E-state index contributed by atoms with van der Waals surface area (Å²) in [5, 5.41) is 8.10. The zero-order chi connectivity index (χ0) is 11.0. The molecule has 0 saturated carbocycles. The summed E-state index contributed by atoms with van der Waals surface area (Å²) in [5.41, 5.74) is 2.53. The second-order valence-corrected chi connectivity index (χ2v) is 4.77. The summed E-state index contributed by atoms with van der Waals surface area (Å²) in [5.74, 6) is -0.917. The molecule has 1 aliphatic heterocycles. The van der Waals surface area contributed by atoms with E-state index >= 15 is 0 Å². The third kappa shape index (κ3) is 1.90. The Balaban J connectivity index is 2.41. The van der Waals surface area contributed by atoms with Crippen molar-refractivity contribution in [1.82, 2.24) is 0 Å². The van der Waals surface area contributed by atoms with Crippen LogP contribution in [0.5, 0.6) is 0 Å². The van der Waals surface area contributed by atoms with Crippen LogP contribution < -0.4 is 0 Å². The zero-order valence-electron chi connectivity index (χ0n) is 8.19. The van der Waals surface area contributed by atoms with Gasteiger partial charge in [-0.25, -0.2) is 0 Å². The Morgan fingerprint density at radius 1 is 1.53 bits per heavy atom. The van der Waals surface area contributed by atoms with Crippen LogP contribution in [0.2, 0.25) is 0 Å². The van der Waals surface area contributed by atoms with Crippen molar-refractivity contribution in [1.29, 1.82) is 0 Å². The summed E-state index contributed by atoms with van der Waals surface area (Å²) in [6.45, 7) is 1.92. The smallest absolute Gasteiger partial charge is 0.317 e. The predicted molar refractivity (Wildman–Crippen MR) is 58.2 cm³/mol. The Kier molecular flexibility index (Phi) is 2.52. The first-order valence-electron chi connectivity index (χ1n) is 4.61. The number of benzene rings is 1. The van der Waals surface area contributed by atoms with Crippen LogP contribution in [0.3, 0.4) is 0 Å². The van der Waals surface area contributed by atoms with Crippen LogP contribution >= 0.6 is 11.8 Å². The molecule has 0 spiro atoms. The average molecular weight is 222 g/mol. The number of rotatable bonds is 1. The van der Waals surface area contributed by atoms with Gasteiger partial charge in [-0.2, -0.15) is 0 Å². The highest BCUT2D eigenvalue weighted by molar-refractivity contribution is 8.15. The minimum absolute atomic E-state index is 0.132. The maximum atomic E-state index is 11.7. The van der Waals surface area contributed by atoms with Crippen molar-refractivity contribution >= 4 is 22.8 Å². The molecule has 15 heavy (non-hydrogen) atoms. The molecule has 0 amide bonds. The highest BCUT2D eigenvalue weighted by atomic mass is 32.2. The van der Waals surface area contributed by atoms with Gasteiger partial charge in [0.15, 0.2) is 0 Å². The van der Waals surface area contributed by atoms with Crippen molar-refractivity contribution in [2.24, 2.45) is 0 Å². The van der Waals surface area contributed by atoms with Crippen LogP contribution in [0, 0.1) is 6.92 Å². The Bertz CT molecular complexity index is 439. The Labute approximate surface area is 91.5 Å². The normalized spacial score (nSPS) is 19.8. The van der Waals surface area contributed by atoms with E-state index in [0.29, 0.717) is 12.0 Å². The van der Waals surface area contributed by atoms with Crippen LogP contribution in [-0.2, 0) is 11.2 Å². The van der Waals surface area contributed by atoms with E-state index in [4.69, 9.17) is 5.11 Å². The molecule has 78 valence electrons. The van der Waals surface area contributed by atoms with Crippen molar-refractivity contribution in [2.75, 3.05) is 0 Å². The molecule has 4 heteroatoms. The Morgan fingerprint density at radius 2 is 2.27 bits per heavy atom. The average Bonchev–Trinajstić information content (AvgIpc) is 2.18. The first-order valence-corrected chi connectivity index (χ1v) is 5.49. The van der Waals surface area contributed by atoms with Gasteiger partial charge in [-0.05, 0) is 25.0 Å². The lowest BCUT2D eigenvalue weighted by Crippen LogP contribution is -2.26. The van der Waals surface area contributed by atoms with Crippen molar-refractivity contribution in [3.05, 3.63) is 34.9 Å². The minimum Gasteiger partial charge on any atom is -0.480 e. The van der Waals surface area contributed by atoms with E-state index in [1.165, 1.54) is 0 Å². The van der Waals surface area contributed by atoms with E-state index in [1.807, 2.05) is 25.1 Å². The van der Waals surface area contributed by atoms with E-state index in [2.05, 4.69) is 0 Å². The van der Waals surface area contributed by atoms with Gasteiger partial charge in [-0.15, -0.1) is 0 Å². The molecule has 1 unspecified atom stereocenters. The highest BCUT2D eigenvalue weighted by Gasteiger charge is 2.30. The lowest BCUT2D eigenvalue weighted by Gasteiger charge is -2.19. The van der Waals surface area contributed by atoms with Crippen molar-refractivity contribution < 1.29 is 14.7 Å². The van der Waals surface area contributed by atoms with E-state index in [1.54, 1.807) is 0 Å². The number of carbonyl (C=O) groups excluding carboxylic acids is 1. The van der Waals surface area contributed by atoms with E-state index in [9.17, 15) is 9.59 Å². The number of carbonyl (C=O) groups is 2. The Hall–Kier alpha value is -1.29. The number of fused-ring (bicyclic) bond motifs is 1. The van der Waals surface area contributed by atoms with Gasteiger partial charge in [0.1, 0.15) is 5.25 Å². The molecule has 0 bridgehead atoms. The molecule has 2 rings (SSSR count). The molecule has 1 atom stereocenters. The maximum absolute atomic E-state index is 11.7. The first-order chi connectivity index (χ1) is 7.08. The number of aryl methyl sites for hydroxylation is 1. The molecule has 0 fully saturated rings. The summed E-state index contributed by atoms with van der Waals surface area (Å²) in [7, 11) is 0. The van der Waals surface area contributed by atoms with Crippen molar-refractivity contribution in [3.8, 4) is 0 Å². The lowest BCUT2D eigenvalue weighted by molar-refractivity contribution is -0.136. The van der Waals surface area contributed by atoms with Crippen LogP contribution in [0.1, 0.15) is 21.5 Å². The summed E-state index contributed by atoms with van der Waals surface area (Å²) < 4.78 is 0. The molecular weight excluding hydrogens is 212 g/mol. The number of hydrogen-bond acceptors (Lipinski definition) is 3. The molecule has 1 N–H and O–H groups in total. The monoisotopic (exact) mass is 222 g/mol. The fourth-order valence-electron chi connectivity index (χ4n) is 1.63. The van der Waals surface area contributed by atoms with Gasteiger partial charge in [0.2, 0.25) is 5.12 Å². The SMILES string of the molecule is Cc1ccc2c(c1)C(=O)SC(C(=O)O)C2. The minimum atomic E-state index is -0.917. The second-order valence-electron chi connectivity index (χ2n) is 3.60.